The number of carbonyl (C=O) groups is 2. The van der Waals surface area contributed by atoms with E-state index in [2.05, 4.69) is 10.3 Å². The molecule has 0 aliphatic heterocycles. The summed E-state index contributed by atoms with van der Waals surface area (Å²) in [6, 6.07) is 17.1. The van der Waals surface area contributed by atoms with Crippen LogP contribution in [0.4, 0.5) is 5.69 Å². The normalized spacial score (nSPS) is 11.9. The van der Waals surface area contributed by atoms with E-state index in [0.29, 0.717) is 12.1 Å². The van der Waals surface area contributed by atoms with Gasteiger partial charge in [0.2, 0.25) is 5.91 Å². The zero-order chi connectivity index (χ0) is 18.5. The van der Waals surface area contributed by atoms with Gasteiger partial charge in [0.1, 0.15) is 5.69 Å². The predicted molar refractivity (Wildman–Crippen MR) is 102 cm³/mol. The number of para-hydroxylation sites is 1. The van der Waals surface area contributed by atoms with Crippen LogP contribution >= 0.6 is 0 Å². The fourth-order valence-electron chi connectivity index (χ4n) is 3.10. The van der Waals surface area contributed by atoms with Crippen LogP contribution in [0.2, 0.25) is 0 Å². The fourth-order valence-corrected chi connectivity index (χ4v) is 3.10. The van der Waals surface area contributed by atoms with E-state index in [1.54, 1.807) is 6.92 Å². The maximum atomic E-state index is 12.9. The Hall–Kier alpha value is -3.08. The molecule has 0 spiro atoms. The van der Waals surface area contributed by atoms with Crippen molar-refractivity contribution in [3.05, 3.63) is 65.9 Å². The number of rotatable bonds is 6. The van der Waals surface area contributed by atoms with Gasteiger partial charge in [-0.3, -0.25) is 4.79 Å². The summed E-state index contributed by atoms with van der Waals surface area (Å²) in [5.41, 5.74) is 2.46. The molecule has 1 heterocycles. The van der Waals surface area contributed by atoms with E-state index in [-0.39, 0.29) is 24.1 Å². The van der Waals surface area contributed by atoms with E-state index in [1.165, 1.54) is 0 Å². The molecule has 2 aromatic carbocycles. The molecule has 1 atom stereocenters. The van der Waals surface area contributed by atoms with E-state index in [0.717, 1.165) is 16.5 Å². The van der Waals surface area contributed by atoms with Crippen molar-refractivity contribution < 1.29 is 14.3 Å². The van der Waals surface area contributed by atoms with Crippen LogP contribution in [0.15, 0.2) is 54.6 Å². The van der Waals surface area contributed by atoms with Crippen LogP contribution in [0.5, 0.6) is 0 Å². The number of ether oxygens (including phenoxy) is 1. The Morgan fingerprint density at radius 2 is 1.73 bits per heavy atom. The van der Waals surface area contributed by atoms with Crippen LogP contribution in [0.3, 0.4) is 0 Å². The zero-order valence-corrected chi connectivity index (χ0v) is 14.9. The van der Waals surface area contributed by atoms with E-state index in [4.69, 9.17) is 4.74 Å². The number of carbonyl (C=O) groups excluding carboxylic acids is 2. The average Bonchev–Trinajstić information content (AvgIpc) is 3.02. The Balaban J connectivity index is 1.97. The van der Waals surface area contributed by atoms with Gasteiger partial charge in [0.25, 0.3) is 0 Å². The van der Waals surface area contributed by atoms with E-state index in [1.807, 2.05) is 61.5 Å². The van der Waals surface area contributed by atoms with Crippen molar-refractivity contribution in [3.8, 4) is 0 Å². The number of benzene rings is 2. The number of hydrogen-bond donors (Lipinski definition) is 2. The van der Waals surface area contributed by atoms with Crippen molar-refractivity contribution in [1.82, 2.24) is 4.98 Å². The van der Waals surface area contributed by atoms with Gasteiger partial charge >= 0.3 is 5.97 Å². The van der Waals surface area contributed by atoms with Crippen molar-refractivity contribution in [2.24, 2.45) is 0 Å². The molecule has 134 valence electrons. The lowest BCUT2D eigenvalue weighted by molar-refractivity contribution is -0.117. The first kappa shape index (κ1) is 17.7. The highest BCUT2D eigenvalue weighted by molar-refractivity contribution is 6.11. The first-order valence-corrected chi connectivity index (χ1v) is 8.79. The highest BCUT2D eigenvalue weighted by Crippen LogP contribution is 2.30. The second kappa shape index (κ2) is 7.87. The fraction of sp³-hybridized carbons (Fsp3) is 0.238. The SMILES string of the molecule is CCOC(=O)c1[nH]c2ccccc2c1NC(=O)[C@H](CC)c1ccccc1. The summed E-state index contributed by atoms with van der Waals surface area (Å²) in [5.74, 6) is -0.916. The van der Waals surface area contributed by atoms with Crippen molar-refractivity contribution in [3.63, 3.8) is 0 Å². The van der Waals surface area contributed by atoms with Crippen LogP contribution in [-0.4, -0.2) is 23.5 Å². The van der Waals surface area contributed by atoms with Crippen molar-refractivity contribution in [1.29, 1.82) is 0 Å². The number of H-pyrrole nitrogens is 1. The van der Waals surface area contributed by atoms with Gasteiger partial charge in [-0.05, 0) is 25.0 Å². The Labute approximate surface area is 152 Å². The molecule has 0 aliphatic rings. The molecule has 1 aromatic heterocycles. The lowest BCUT2D eigenvalue weighted by Gasteiger charge is -2.16. The lowest BCUT2D eigenvalue weighted by atomic mass is 9.95. The maximum Gasteiger partial charge on any atom is 0.356 e. The molecular weight excluding hydrogens is 328 g/mol. The van der Waals surface area contributed by atoms with Gasteiger partial charge in [-0.1, -0.05) is 55.5 Å². The Morgan fingerprint density at radius 3 is 2.42 bits per heavy atom. The van der Waals surface area contributed by atoms with Gasteiger partial charge in [-0.15, -0.1) is 0 Å². The number of fused-ring (bicyclic) bond motifs is 1. The summed E-state index contributed by atoms with van der Waals surface area (Å²) < 4.78 is 5.13. The first-order chi connectivity index (χ1) is 12.7. The van der Waals surface area contributed by atoms with Crippen molar-refractivity contribution in [2.75, 3.05) is 11.9 Å². The van der Waals surface area contributed by atoms with Crippen molar-refractivity contribution in [2.45, 2.75) is 26.2 Å². The number of anilines is 1. The molecule has 0 fully saturated rings. The van der Waals surface area contributed by atoms with Gasteiger partial charge in [0.15, 0.2) is 0 Å². The summed E-state index contributed by atoms with van der Waals surface area (Å²) >= 11 is 0. The number of aromatic nitrogens is 1. The highest BCUT2D eigenvalue weighted by atomic mass is 16.5. The van der Waals surface area contributed by atoms with Gasteiger partial charge in [-0.2, -0.15) is 0 Å². The molecule has 0 unspecified atom stereocenters. The third kappa shape index (κ3) is 3.47. The Kier molecular flexibility index (Phi) is 5.37. The molecule has 2 N–H and O–H groups in total. The summed E-state index contributed by atoms with van der Waals surface area (Å²) in [6.45, 7) is 3.99. The molecule has 1 amide bonds. The third-order valence-corrected chi connectivity index (χ3v) is 4.36. The minimum atomic E-state index is -0.480. The van der Waals surface area contributed by atoms with Crippen LogP contribution in [0, 0.1) is 0 Å². The molecule has 0 bridgehead atoms. The molecule has 3 aromatic rings. The lowest BCUT2D eigenvalue weighted by Crippen LogP contribution is -2.22. The Morgan fingerprint density at radius 1 is 1.04 bits per heavy atom. The summed E-state index contributed by atoms with van der Waals surface area (Å²) in [6.07, 6.45) is 0.660. The minimum absolute atomic E-state index is 0.144. The monoisotopic (exact) mass is 350 g/mol. The predicted octanol–water partition coefficient (Wildman–Crippen LogP) is 4.48. The molecular formula is C21H22N2O3. The standard InChI is InChI=1S/C21H22N2O3/c1-3-15(14-10-6-5-7-11-14)20(24)23-18-16-12-8-9-13-17(16)22-19(18)21(25)26-4-2/h5-13,15,22H,3-4H2,1-2H3,(H,23,24)/t15-/m1/s1. The number of esters is 1. The quantitative estimate of drug-likeness (QED) is 0.644. The number of nitrogens with one attached hydrogen (secondary N) is 2. The average molecular weight is 350 g/mol. The molecule has 0 aliphatic carbocycles. The van der Waals surface area contributed by atoms with Gasteiger partial charge in [0.05, 0.1) is 18.2 Å². The smallest absolute Gasteiger partial charge is 0.356 e. The first-order valence-electron chi connectivity index (χ1n) is 8.79. The van der Waals surface area contributed by atoms with Gasteiger partial charge < -0.3 is 15.0 Å². The van der Waals surface area contributed by atoms with Crippen molar-refractivity contribution >= 4 is 28.5 Å². The van der Waals surface area contributed by atoms with Crippen LogP contribution < -0.4 is 5.32 Å². The van der Waals surface area contributed by atoms with Crippen LogP contribution in [0.1, 0.15) is 42.2 Å². The number of aromatic amines is 1. The van der Waals surface area contributed by atoms with Crippen LogP contribution in [-0.2, 0) is 9.53 Å². The topological polar surface area (TPSA) is 71.2 Å². The number of hydrogen-bond acceptors (Lipinski definition) is 3. The molecule has 5 nitrogen and oxygen atoms in total. The Bertz CT molecular complexity index is 915. The second-order valence-corrected chi connectivity index (χ2v) is 6.00. The largest absolute Gasteiger partial charge is 0.461 e. The molecule has 3 rings (SSSR count). The molecule has 0 saturated heterocycles. The van der Waals surface area contributed by atoms with E-state index < -0.39 is 5.97 Å². The van der Waals surface area contributed by atoms with Gasteiger partial charge in [0, 0.05) is 10.9 Å². The highest BCUT2D eigenvalue weighted by Gasteiger charge is 2.24. The van der Waals surface area contributed by atoms with E-state index in [9.17, 15) is 9.59 Å². The minimum Gasteiger partial charge on any atom is -0.461 e. The number of amides is 1. The summed E-state index contributed by atoms with van der Waals surface area (Å²) in [7, 11) is 0. The zero-order valence-electron chi connectivity index (χ0n) is 14.9. The van der Waals surface area contributed by atoms with E-state index >= 15 is 0 Å². The maximum absolute atomic E-state index is 12.9. The molecule has 26 heavy (non-hydrogen) atoms. The molecule has 0 radical (unpaired) electrons. The third-order valence-electron chi connectivity index (χ3n) is 4.36. The van der Waals surface area contributed by atoms with Crippen LogP contribution in [0.25, 0.3) is 10.9 Å². The summed E-state index contributed by atoms with van der Waals surface area (Å²) in [4.78, 5) is 28.3. The van der Waals surface area contributed by atoms with Gasteiger partial charge in [-0.25, -0.2) is 4.79 Å². The molecule has 5 heteroatoms. The summed E-state index contributed by atoms with van der Waals surface area (Å²) in [5, 5.41) is 3.74. The second-order valence-electron chi connectivity index (χ2n) is 6.00. The molecule has 0 saturated carbocycles.